The Morgan fingerprint density at radius 1 is 0.750 bits per heavy atom. The summed E-state index contributed by atoms with van der Waals surface area (Å²) < 4.78 is 13.3. The van der Waals surface area contributed by atoms with Crippen molar-refractivity contribution < 1.29 is 14.0 Å². The quantitative estimate of drug-likeness (QED) is 0.635. The van der Waals surface area contributed by atoms with Crippen molar-refractivity contribution in [2.75, 3.05) is 10.2 Å². The number of carbonyl (C=O) groups is 2. The van der Waals surface area contributed by atoms with Gasteiger partial charge in [-0.25, -0.2) is 9.29 Å². The van der Waals surface area contributed by atoms with Gasteiger partial charge in [-0.3, -0.25) is 9.59 Å². The van der Waals surface area contributed by atoms with Crippen LogP contribution in [0.4, 0.5) is 15.8 Å². The molecule has 6 heteroatoms. The van der Waals surface area contributed by atoms with Crippen LogP contribution in [0.2, 0.25) is 0 Å². The van der Waals surface area contributed by atoms with Crippen LogP contribution in [0, 0.1) is 5.82 Å². The van der Waals surface area contributed by atoms with E-state index in [1.807, 2.05) is 60.7 Å². The van der Waals surface area contributed by atoms with E-state index in [0.717, 1.165) is 9.80 Å². The van der Waals surface area contributed by atoms with Crippen molar-refractivity contribution in [3.05, 3.63) is 101 Å². The number of hydrogen-bond donors (Lipinski definition) is 1. The smallest absolute Gasteiger partial charge is 0.283 e. The summed E-state index contributed by atoms with van der Waals surface area (Å²) in [6.07, 6.45) is 0. The van der Waals surface area contributed by atoms with Crippen molar-refractivity contribution in [3.8, 4) is 0 Å². The second-order valence-electron chi connectivity index (χ2n) is 6.03. The predicted molar refractivity (Wildman–Crippen MR) is 108 cm³/mol. The van der Waals surface area contributed by atoms with E-state index in [0.29, 0.717) is 16.3 Å². The average molecular weight is 390 g/mol. The zero-order chi connectivity index (χ0) is 19.5. The second-order valence-corrected chi connectivity index (χ2v) is 7.12. The first-order chi connectivity index (χ1) is 13.6. The molecule has 1 N–H and O–H groups in total. The minimum absolute atomic E-state index is 0.203. The number of thioether (sulfide) groups is 1. The van der Waals surface area contributed by atoms with Crippen LogP contribution in [-0.2, 0) is 9.59 Å². The summed E-state index contributed by atoms with van der Waals surface area (Å²) in [6.45, 7) is 0. The Morgan fingerprint density at radius 3 is 2.00 bits per heavy atom. The first-order valence-corrected chi connectivity index (χ1v) is 9.39. The van der Waals surface area contributed by atoms with E-state index < -0.39 is 17.6 Å². The van der Waals surface area contributed by atoms with Gasteiger partial charge in [0.05, 0.1) is 5.69 Å². The summed E-state index contributed by atoms with van der Waals surface area (Å²) in [7, 11) is 0. The lowest BCUT2D eigenvalue weighted by molar-refractivity contribution is -0.120. The fourth-order valence-electron chi connectivity index (χ4n) is 2.81. The van der Waals surface area contributed by atoms with Crippen LogP contribution >= 0.6 is 11.8 Å². The molecule has 4 rings (SSSR count). The highest BCUT2D eigenvalue weighted by Gasteiger charge is 2.40. The van der Waals surface area contributed by atoms with E-state index in [2.05, 4.69) is 5.32 Å². The molecule has 0 unspecified atom stereocenters. The molecule has 3 aromatic rings. The van der Waals surface area contributed by atoms with Gasteiger partial charge in [0, 0.05) is 10.6 Å². The molecule has 0 fully saturated rings. The minimum Gasteiger partial charge on any atom is -0.350 e. The number of benzene rings is 3. The molecule has 0 atom stereocenters. The third-order valence-electron chi connectivity index (χ3n) is 4.13. The van der Waals surface area contributed by atoms with Gasteiger partial charge in [-0.1, -0.05) is 48.2 Å². The molecule has 1 aliphatic heterocycles. The normalized spacial score (nSPS) is 14.0. The van der Waals surface area contributed by atoms with Crippen LogP contribution in [0.1, 0.15) is 0 Å². The molecule has 0 aliphatic carbocycles. The van der Waals surface area contributed by atoms with Gasteiger partial charge in [-0.15, -0.1) is 0 Å². The maximum absolute atomic E-state index is 13.3. The summed E-state index contributed by atoms with van der Waals surface area (Å²) in [5.41, 5.74) is 1.23. The minimum atomic E-state index is -0.473. The summed E-state index contributed by atoms with van der Waals surface area (Å²) in [4.78, 5) is 28.4. The highest BCUT2D eigenvalue weighted by Crippen LogP contribution is 2.37. The van der Waals surface area contributed by atoms with Gasteiger partial charge in [0.15, 0.2) is 0 Å². The van der Waals surface area contributed by atoms with Crippen LogP contribution in [-0.4, -0.2) is 11.8 Å². The molecule has 138 valence electrons. The fourth-order valence-corrected chi connectivity index (χ4v) is 3.76. The standard InChI is InChI=1S/C22H15FN2O2S/c23-15-11-13-17(14-12-15)25-21(26)19(24-16-7-3-1-4-8-16)20(22(25)27)28-18-9-5-2-6-10-18/h1-14,24H. The van der Waals surface area contributed by atoms with Gasteiger partial charge in [0.2, 0.25) is 0 Å². The van der Waals surface area contributed by atoms with Crippen LogP contribution in [0.25, 0.3) is 0 Å². The van der Waals surface area contributed by atoms with Crippen molar-refractivity contribution in [2.24, 2.45) is 0 Å². The number of amides is 2. The highest BCUT2D eigenvalue weighted by molar-refractivity contribution is 8.04. The van der Waals surface area contributed by atoms with Gasteiger partial charge in [-0.05, 0) is 48.5 Å². The number of nitrogens with one attached hydrogen (secondary N) is 1. The molecule has 0 saturated carbocycles. The summed E-state index contributed by atoms with van der Waals surface area (Å²) in [5, 5.41) is 3.08. The maximum Gasteiger partial charge on any atom is 0.283 e. The Kier molecular flexibility index (Phi) is 4.95. The highest BCUT2D eigenvalue weighted by atomic mass is 32.2. The lowest BCUT2D eigenvalue weighted by atomic mass is 10.3. The molecule has 2 amide bonds. The van der Waals surface area contributed by atoms with E-state index >= 15 is 0 Å². The molecule has 1 heterocycles. The van der Waals surface area contributed by atoms with Gasteiger partial charge in [-0.2, -0.15) is 0 Å². The molecular formula is C22H15FN2O2S. The molecular weight excluding hydrogens is 375 g/mol. The Bertz CT molecular complexity index is 987. The first kappa shape index (κ1) is 18.0. The largest absolute Gasteiger partial charge is 0.350 e. The lowest BCUT2D eigenvalue weighted by Crippen LogP contribution is -2.32. The molecule has 28 heavy (non-hydrogen) atoms. The van der Waals surface area contributed by atoms with E-state index in [1.165, 1.54) is 36.0 Å². The van der Waals surface area contributed by atoms with Crippen molar-refractivity contribution in [3.63, 3.8) is 0 Å². The van der Waals surface area contributed by atoms with E-state index in [9.17, 15) is 14.0 Å². The van der Waals surface area contributed by atoms with Gasteiger partial charge in [0.1, 0.15) is 16.4 Å². The predicted octanol–water partition coefficient (Wildman–Crippen LogP) is 4.81. The van der Waals surface area contributed by atoms with Gasteiger partial charge in [0.25, 0.3) is 11.8 Å². The van der Waals surface area contributed by atoms with Crippen molar-refractivity contribution >= 4 is 35.0 Å². The number of halogens is 1. The van der Waals surface area contributed by atoms with Crippen molar-refractivity contribution in [1.82, 2.24) is 0 Å². The number of carbonyl (C=O) groups excluding carboxylic acids is 2. The lowest BCUT2D eigenvalue weighted by Gasteiger charge is -2.15. The number of imide groups is 1. The molecule has 4 nitrogen and oxygen atoms in total. The van der Waals surface area contributed by atoms with Crippen molar-refractivity contribution in [2.45, 2.75) is 4.90 Å². The Morgan fingerprint density at radius 2 is 1.36 bits per heavy atom. The van der Waals surface area contributed by atoms with Gasteiger partial charge >= 0.3 is 0 Å². The Hall–Kier alpha value is -3.38. The molecule has 0 saturated heterocycles. The summed E-state index contributed by atoms with van der Waals surface area (Å²) in [5.74, 6) is -1.35. The number of nitrogens with zero attached hydrogens (tertiary/aromatic N) is 1. The van der Waals surface area contributed by atoms with E-state index in [-0.39, 0.29) is 5.70 Å². The number of rotatable bonds is 5. The van der Waals surface area contributed by atoms with E-state index in [1.54, 1.807) is 0 Å². The van der Waals surface area contributed by atoms with Crippen molar-refractivity contribution in [1.29, 1.82) is 0 Å². The topological polar surface area (TPSA) is 49.4 Å². The third-order valence-corrected chi connectivity index (χ3v) is 5.22. The molecule has 0 radical (unpaired) electrons. The second kappa shape index (κ2) is 7.70. The summed E-state index contributed by atoms with van der Waals surface area (Å²) >= 11 is 1.22. The first-order valence-electron chi connectivity index (χ1n) is 8.57. The average Bonchev–Trinajstić information content (AvgIpc) is 2.94. The SMILES string of the molecule is O=C1C(Nc2ccccc2)=C(Sc2ccccc2)C(=O)N1c1ccc(F)cc1. The maximum atomic E-state index is 13.3. The van der Waals surface area contributed by atoms with E-state index in [4.69, 9.17) is 0 Å². The monoisotopic (exact) mass is 390 g/mol. The zero-order valence-electron chi connectivity index (χ0n) is 14.6. The number of anilines is 2. The van der Waals surface area contributed by atoms with Crippen LogP contribution < -0.4 is 10.2 Å². The summed E-state index contributed by atoms with van der Waals surface area (Å²) in [6, 6.07) is 23.8. The number of hydrogen-bond acceptors (Lipinski definition) is 4. The van der Waals surface area contributed by atoms with Gasteiger partial charge < -0.3 is 5.32 Å². The van der Waals surface area contributed by atoms with Crippen LogP contribution in [0.3, 0.4) is 0 Å². The molecule has 1 aliphatic rings. The molecule has 3 aromatic carbocycles. The molecule has 0 spiro atoms. The van der Waals surface area contributed by atoms with Crippen LogP contribution in [0.5, 0.6) is 0 Å². The molecule has 0 bridgehead atoms. The third kappa shape index (κ3) is 3.54. The Balaban J connectivity index is 1.74. The fraction of sp³-hybridized carbons (Fsp3) is 0. The zero-order valence-corrected chi connectivity index (χ0v) is 15.4. The molecule has 0 aromatic heterocycles. The van der Waals surface area contributed by atoms with Crippen LogP contribution in [0.15, 0.2) is 100 Å². The number of para-hydroxylation sites is 1. The Labute approximate surface area is 165 Å².